The number of terminal acetylenes is 1. The average molecular weight is 166 g/mol. The Balaban J connectivity index is 2.53. The maximum atomic E-state index is 5.19. The topological polar surface area (TPSA) is 24.9 Å². The predicted molar refractivity (Wildman–Crippen MR) is 47.4 cm³/mol. The van der Waals surface area contributed by atoms with E-state index in [1.165, 1.54) is 0 Å². The Morgan fingerprint density at radius 3 is 3.18 bits per heavy atom. The van der Waals surface area contributed by atoms with Crippen LogP contribution in [-0.2, 0) is 6.54 Å². The first kappa shape index (κ1) is 8.25. The van der Waals surface area contributed by atoms with Crippen LogP contribution in [0.15, 0.2) is 6.20 Å². The summed E-state index contributed by atoms with van der Waals surface area (Å²) in [7, 11) is 0. The number of rotatable bonds is 3. The molecular weight excluding hydrogens is 156 g/mol. The van der Waals surface area contributed by atoms with Crippen molar-refractivity contribution in [3.8, 4) is 12.3 Å². The largest absolute Gasteiger partial charge is 0.311 e. The molecule has 0 radical (unpaired) electrons. The lowest BCUT2D eigenvalue weighted by atomic mass is 10.6. The molecule has 0 bridgehead atoms. The van der Waals surface area contributed by atoms with E-state index in [1.807, 2.05) is 0 Å². The molecule has 0 aliphatic heterocycles. The van der Waals surface area contributed by atoms with Gasteiger partial charge in [0.2, 0.25) is 0 Å². The Kier molecular flexibility index (Phi) is 3.09. The highest BCUT2D eigenvalue weighted by Crippen LogP contribution is 2.10. The van der Waals surface area contributed by atoms with Gasteiger partial charge in [-0.3, -0.25) is 0 Å². The second-order valence-corrected chi connectivity index (χ2v) is 3.16. The van der Waals surface area contributed by atoms with Gasteiger partial charge in [0.25, 0.3) is 0 Å². The van der Waals surface area contributed by atoms with Crippen molar-refractivity contribution in [2.75, 3.05) is 6.54 Å². The molecule has 0 saturated heterocycles. The first-order chi connectivity index (χ1) is 5.36. The summed E-state index contributed by atoms with van der Waals surface area (Å²) in [5.41, 5.74) is 0. The quantitative estimate of drug-likeness (QED) is 0.683. The smallest absolute Gasteiger partial charge is 0.108 e. The Morgan fingerprint density at radius 2 is 2.64 bits per heavy atom. The van der Waals surface area contributed by atoms with Crippen LogP contribution in [0.25, 0.3) is 0 Å². The van der Waals surface area contributed by atoms with E-state index in [2.05, 4.69) is 23.1 Å². The molecule has 0 amide bonds. The van der Waals surface area contributed by atoms with Crippen molar-refractivity contribution in [3.05, 3.63) is 16.1 Å². The Bertz CT molecular complexity index is 259. The van der Waals surface area contributed by atoms with Gasteiger partial charge in [-0.05, 0) is 6.54 Å². The van der Waals surface area contributed by atoms with Crippen LogP contribution in [-0.4, -0.2) is 11.5 Å². The minimum atomic E-state index is 0.822. The van der Waals surface area contributed by atoms with E-state index >= 15 is 0 Å². The molecule has 0 spiro atoms. The van der Waals surface area contributed by atoms with Gasteiger partial charge in [0.1, 0.15) is 5.01 Å². The zero-order chi connectivity index (χ0) is 8.10. The zero-order valence-electron chi connectivity index (χ0n) is 6.42. The third-order valence-corrected chi connectivity index (χ3v) is 2.15. The molecule has 0 saturated carbocycles. The highest BCUT2D eigenvalue weighted by atomic mass is 32.1. The van der Waals surface area contributed by atoms with Crippen LogP contribution in [0.1, 0.15) is 16.8 Å². The maximum absolute atomic E-state index is 5.19. The van der Waals surface area contributed by atoms with Gasteiger partial charge in [0, 0.05) is 6.54 Å². The number of hydrogen-bond acceptors (Lipinski definition) is 3. The van der Waals surface area contributed by atoms with Gasteiger partial charge >= 0.3 is 0 Å². The van der Waals surface area contributed by atoms with E-state index < -0.39 is 0 Å². The third-order valence-electron chi connectivity index (χ3n) is 1.22. The van der Waals surface area contributed by atoms with Crippen LogP contribution in [0.3, 0.4) is 0 Å². The molecule has 1 rings (SSSR count). The SMILES string of the molecule is C#Cc1cnc(CNCC)s1. The van der Waals surface area contributed by atoms with Crippen molar-refractivity contribution in [2.45, 2.75) is 13.5 Å². The fourth-order valence-corrected chi connectivity index (χ4v) is 1.39. The lowest BCUT2D eigenvalue weighted by Gasteiger charge is -1.93. The van der Waals surface area contributed by atoms with Crippen LogP contribution >= 0.6 is 11.3 Å². The first-order valence-electron chi connectivity index (χ1n) is 3.49. The Morgan fingerprint density at radius 1 is 1.82 bits per heavy atom. The minimum absolute atomic E-state index is 0.822. The second kappa shape index (κ2) is 4.12. The van der Waals surface area contributed by atoms with E-state index in [4.69, 9.17) is 6.42 Å². The number of nitrogens with one attached hydrogen (secondary N) is 1. The number of thiazole rings is 1. The third kappa shape index (κ3) is 2.34. The standard InChI is InChI=1S/C8H10N2S/c1-3-7-5-10-8(11-7)6-9-4-2/h1,5,9H,4,6H2,2H3. The molecule has 1 heterocycles. The zero-order valence-corrected chi connectivity index (χ0v) is 7.24. The fraction of sp³-hybridized carbons (Fsp3) is 0.375. The first-order valence-corrected chi connectivity index (χ1v) is 4.30. The van der Waals surface area contributed by atoms with Crippen molar-refractivity contribution in [2.24, 2.45) is 0 Å². The van der Waals surface area contributed by atoms with E-state index in [9.17, 15) is 0 Å². The Hall–Kier alpha value is -0.850. The van der Waals surface area contributed by atoms with Crippen LogP contribution < -0.4 is 5.32 Å². The van der Waals surface area contributed by atoms with Gasteiger partial charge in [-0.2, -0.15) is 0 Å². The van der Waals surface area contributed by atoms with Gasteiger partial charge < -0.3 is 5.32 Å². The molecule has 3 heteroatoms. The van der Waals surface area contributed by atoms with Gasteiger partial charge in [-0.25, -0.2) is 4.98 Å². The minimum Gasteiger partial charge on any atom is -0.311 e. The molecular formula is C8H10N2S. The molecule has 2 nitrogen and oxygen atoms in total. The fourth-order valence-electron chi connectivity index (χ4n) is 0.691. The highest BCUT2D eigenvalue weighted by molar-refractivity contribution is 7.12. The normalized spacial score (nSPS) is 9.45. The molecule has 1 aromatic rings. The van der Waals surface area contributed by atoms with Crippen molar-refractivity contribution < 1.29 is 0 Å². The average Bonchev–Trinajstić information content (AvgIpc) is 2.48. The summed E-state index contributed by atoms with van der Waals surface area (Å²) >= 11 is 1.56. The summed E-state index contributed by atoms with van der Waals surface area (Å²) in [4.78, 5) is 5.04. The van der Waals surface area contributed by atoms with Crippen LogP contribution in [0.5, 0.6) is 0 Å². The molecule has 0 unspecified atom stereocenters. The lowest BCUT2D eigenvalue weighted by Crippen LogP contribution is -2.11. The second-order valence-electron chi connectivity index (χ2n) is 2.04. The van der Waals surface area contributed by atoms with Crippen LogP contribution in [0.4, 0.5) is 0 Å². The maximum Gasteiger partial charge on any atom is 0.108 e. The molecule has 11 heavy (non-hydrogen) atoms. The van der Waals surface area contributed by atoms with Crippen LogP contribution in [0, 0.1) is 12.3 Å². The van der Waals surface area contributed by atoms with Crippen LogP contribution in [0.2, 0.25) is 0 Å². The number of aromatic nitrogens is 1. The summed E-state index contributed by atoms with van der Waals surface area (Å²) < 4.78 is 0. The molecule has 0 aromatic carbocycles. The molecule has 1 N–H and O–H groups in total. The molecule has 0 aliphatic rings. The lowest BCUT2D eigenvalue weighted by molar-refractivity contribution is 0.722. The molecule has 58 valence electrons. The summed E-state index contributed by atoms with van der Waals surface area (Å²) in [6.07, 6.45) is 6.93. The summed E-state index contributed by atoms with van der Waals surface area (Å²) in [5, 5.41) is 4.24. The van der Waals surface area contributed by atoms with Crippen molar-refractivity contribution >= 4 is 11.3 Å². The highest BCUT2D eigenvalue weighted by Gasteiger charge is 1.96. The van der Waals surface area contributed by atoms with Crippen molar-refractivity contribution in [3.63, 3.8) is 0 Å². The summed E-state index contributed by atoms with van der Waals surface area (Å²) in [5.74, 6) is 2.55. The number of nitrogens with zero attached hydrogens (tertiary/aromatic N) is 1. The molecule has 1 aromatic heterocycles. The van der Waals surface area contributed by atoms with Gasteiger partial charge in [-0.1, -0.05) is 12.8 Å². The summed E-state index contributed by atoms with van der Waals surface area (Å²) in [6.45, 7) is 3.85. The molecule has 0 fully saturated rings. The van der Waals surface area contributed by atoms with Gasteiger partial charge in [0.15, 0.2) is 0 Å². The van der Waals surface area contributed by atoms with E-state index in [1.54, 1.807) is 17.5 Å². The van der Waals surface area contributed by atoms with E-state index in [0.29, 0.717) is 0 Å². The summed E-state index contributed by atoms with van der Waals surface area (Å²) in [6, 6.07) is 0. The van der Waals surface area contributed by atoms with Gasteiger partial charge in [0.05, 0.1) is 11.1 Å². The van der Waals surface area contributed by atoms with Gasteiger partial charge in [-0.15, -0.1) is 17.8 Å². The predicted octanol–water partition coefficient (Wildman–Crippen LogP) is 1.23. The Labute approximate surface area is 70.7 Å². The number of hydrogen-bond donors (Lipinski definition) is 1. The van der Waals surface area contributed by atoms with E-state index in [-0.39, 0.29) is 0 Å². The van der Waals surface area contributed by atoms with Crippen molar-refractivity contribution in [1.29, 1.82) is 0 Å². The molecule has 0 aliphatic carbocycles. The monoisotopic (exact) mass is 166 g/mol. The molecule has 0 atom stereocenters. The van der Waals surface area contributed by atoms with E-state index in [0.717, 1.165) is 23.0 Å². The van der Waals surface area contributed by atoms with Crippen molar-refractivity contribution in [1.82, 2.24) is 10.3 Å².